The summed E-state index contributed by atoms with van der Waals surface area (Å²) in [5, 5.41) is 2.68. The van der Waals surface area contributed by atoms with E-state index in [-0.39, 0.29) is 12.3 Å². The normalized spacial score (nSPS) is 11.5. The molecule has 1 amide bonds. The second-order valence-corrected chi connectivity index (χ2v) is 5.75. The van der Waals surface area contributed by atoms with Crippen molar-refractivity contribution in [1.29, 1.82) is 0 Å². The third-order valence-electron chi connectivity index (χ3n) is 3.11. The highest BCUT2D eigenvalue weighted by Gasteiger charge is 2.19. The molecule has 0 aliphatic heterocycles. The fourth-order valence-electron chi connectivity index (χ4n) is 1.87. The highest BCUT2D eigenvalue weighted by Crippen LogP contribution is 2.33. The molecule has 1 atom stereocenters. The molecule has 1 rings (SSSR count). The Morgan fingerprint density at radius 2 is 1.83 bits per heavy atom. The molecule has 1 aromatic rings. The van der Waals surface area contributed by atoms with E-state index in [9.17, 15) is 9.59 Å². The smallest absolute Gasteiger partial charge is 0.311 e. The van der Waals surface area contributed by atoms with Gasteiger partial charge in [-0.3, -0.25) is 9.59 Å². The van der Waals surface area contributed by atoms with Crippen LogP contribution >= 0.6 is 15.9 Å². The van der Waals surface area contributed by atoms with Crippen molar-refractivity contribution in [2.45, 2.75) is 32.8 Å². The number of carbonyl (C=O) groups is 2. The molecule has 1 aromatic carbocycles. The van der Waals surface area contributed by atoms with Gasteiger partial charge in [-0.25, -0.2) is 0 Å². The van der Waals surface area contributed by atoms with Crippen LogP contribution in [0.2, 0.25) is 0 Å². The number of methoxy groups -OCH3 is 2. The molecule has 23 heavy (non-hydrogen) atoms. The summed E-state index contributed by atoms with van der Waals surface area (Å²) in [6.45, 7) is 4.06. The first-order chi connectivity index (χ1) is 10.9. The highest BCUT2D eigenvalue weighted by molar-refractivity contribution is 9.10. The van der Waals surface area contributed by atoms with Crippen molar-refractivity contribution in [3.8, 4) is 11.5 Å². The minimum absolute atomic E-state index is 0.0202. The van der Waals surface area contributed by atoms with Crippen LogP contribution in [-0.2, 0) is 20.7 Å². The maximum absolute atomic E-state index is 12.0. The largest absolute Gasteiger partial charge is 0.493 e. The third kappa shape index (κ3) is 5.74. The molecule has 6 nitrogen and oxygen atoms in total. The quantitative estimate of drug-likeness (QED) is 0.693. The van der Waals surface area contributed by atoms with Crippen molar-refractivity contribution in [2.75, 3.05) is 20.8 Å². The molecule has 0 radical (unpaired) electrons. The molecule has 0 bridgehead atoms. The lowest BCUT2D eigenvalue weighted by atomic mass is 10.1. The lowest BCUT2D eigenvalue weighted by molar-refractivity contribution is -0.154. The zero-order valence-corrected chi connectivity index (χ0v) is 15.4. The first-order valence-corrected chi connectivity index (χ1v) is 8.09. The van der Waals surface area contributed by atoms with Crippen molar-refractivity contribution < 1.29 is 23.8 Å². The van der Waals surface area contributed by atoms with E-state index in [4.69, 9.17) is 14.2 Å². The molecule has 0 aliphatic rings. The van der Waals surface area contributed by atoms with Crippen LogP contribution in [-0.4, -0.2) is 38.7 Å². The summed E-state index contributed by atoms with van der Waals surface area (Å²) in [5.74, 6) is 0.291. The summed E-state index contributed by atoms with van der Waals surface area (Å²) in [6, 6.07) is 3.42. The van der Waals surface area contributed by atoms with Gasteiger partial charge in [0, 0.05) is 11.0 Å². The van der Waals surface area contributed by atoms with Crippen LogP contribution in [0.15, 0.2) is 16.6 Å². The van der Waals surface area contributed by atoms with Crippen molar-refractivity contribution >= 4 is 27.8 Å². The first-order valence-electron chi connectivity index (χ1n) is 7.30. The van der Waals surface area contributed by atoms with Gasteiger partial charge < -0.3 is 19.5 Å². The second-order valence-electron chi connectivity index (χ2n) is 4.90. The molecule has 1 unspecified atom stereocenters. The van der Waals surface area contributed by atoms with Crippen LogP contribution in [0.25, 0.3) is 0 Å². The molecule has 1 N–H and O–H groups in total. The Hall–Kier alpha value is -1.76. The fraction of sp³-hybridized carbons (Fsp3) is 0.500. The van der Waals surface area contributed by atoms with Crippen LogP contribution in [0.4, 0.5) is 0 Å². The van der Waals surface area contributed by atoms with Gasteiger partial charge in [0.25, 0.3) is 5.91 Å². The maximum Gasteiger partial charge on any atom is 0.311 e. The highest BCUT2D eigenvalue weighted by atomic mass is 79.9. The molecule has 128 valence electrons. The lowest BCUT2D eigenvalue weighted by Crippen LogP contribution is -2.36. The van der Waals surface area contributed by atoms with Gasteiger partial charge in [-0.1, -0.05) is 22.9 Å². The van der Waals surface area contributed by atoms with Crippen LogP contribution in [0.5, 0.6) is 11.5 Å². The number of nitrogens with one attached hydrogen (secondary N) is 1. The summed E-state index contributed by atoms with van der Waals surface area (Å²) < 4.78 is 16.3. The first kappa shape index (κ1) is 19.3. The summed E-state index contributed by atoms with van der Waals surface area (Å²) in [7, 11) is 3.06. The van der Waals surface area contributed by atoms with Gasteiger partial charge in [-0.15, -0.1) is 0 Å². The average molecular weight is 388 g/mol. The van der Waals surface area contributed by atoms with Gasteiger partial charge in [0.2, 0.25) is 0 Å². The molecule has 0 heterocycles. The van der Waals surface area contributed by atoms with Crippen LogP contribution in [0, 0.1) is 0 Å². The summed E-state index contributed by atoms with van der Waals surface area (Å²) in [5.41, 5.74) is 0.689. The van der Waals surface area contributed by atoms with E-state index < -0.39 is 12.1 Å². The van der Waals surface area contributed by atoms with Crippen molar-refractivity contribution in [3.63, 3.8) is 0 Å². The molecule has 0 saturated heterocycles. The Bertz CT molecular complexity index is 562. The monoisotopic (exact) mass is 387 g/mol. The summed E-state index contributed by atoms with van der Waals surface area (Å²) >= 11 is 3.39. The Balaban J connectivity index is 2.72. The minimum atomic E-state index is -0.826. The van der Waals surface area contributed by atoms with Crippen molar-refractivity contribution in [1.82, 2.24) is 5.32 Å². The number of ether oxygens (including phenoxy) is 3. The van der Waals surface area contributed by atoms with Crippen LogP contribution < -0.4 is 14.8 Å². The standard InChI is InChI=1S/C16H22BrNO5/c1-5-6-18-16(20)10(2)23-15(19)8-11-7-13(21-3)14(22-4)9-12(11)17/h7,9-10H,5-6,8H2,1-4H3,(H,18,20). The van der Waals surface area contributed by atoms with Crippen molar-refractivity contribution in [3.05, 3.63) is 22.2 Å². The van der Waals surface area contributed by atoms with Gasteiger partial charge >= 0.3 is 5.97 Å². The number of rotatable bonds is 8. The van der Waals surface area contributed by atoms with E-state index in [0.29, 0.717) is 28.1 Å². The number of amides is 1. The molecule has 0 spiro atoms. The van der Waals surface area contributed by atoms with Crippen LogP contribution in [0.3, 0.4) is 0 Å². The predicted octanol–water partition coefficient (Wildman–Crippen LogP) is 2.47. The van der Waals surface area contributed by atoms with Gasteiger partial charge in [0.1, 0.15) is 0 Å². The Morgan fingerprint density at radius 1 is 1.22 bits per heavy atom. The Kier molecular flexibility index (Phi) is 7.88. The van der Waals surface area contributed by atoms with Crippen molar-refractivity contribution in [2.24, 2.45) is 0 Å². The van der Waals surface area contributed by atoms with E-state index in [1.165, 1.54) is 14.2 Å². The van der Waals surface area contributed by atoms with E-state index in [2.05, 4.69) is 21.2 Å². The number of benzene rings is 1. The Morgan fingerprint density at radius 3 is 2.39 bits per heavy atom. The number of halogens is 1. The fourth-order valence-corrected chi connectivity index (χ4v) is 2.33. The maximum atomic E-state index is 12.0. The summed E-state index contributed by atoms with van der Waals surface area (Å²) in [6.07, 6.45) is 0.0186. The number of hydrogen-bond acceptors (Lipinski definition) is 5. The molecule has 7 heteroatoms. The van der Waals surface area contributed by atoms with E-state index in [0.717, 1.165) is 6.42 Å². The number of esters is 1. The topological polar surface area (TPSA) is 73.9 Å². The molecule has 0 fully saturated rings. The van der Waals surface area contributed by atoms with E-state index >= 15 is 0 Å². The molecular formula is C16H22BrNO5. The zero-order valence-electron chi connectivity index (χ0n) is 13.8. The SMILES string of the molecule is CCCNC(=O)C(C)OC(=O)Cc1cc(OC)c(OC)cc1Br. The molecule has 0 saturated carbocycles. The van der Waals surface area contributed by atoms with E-state index in [1.54, 1.807) is 19.1 Å². The van der Waals surface area contributed by atoms with Gasteiger partial charge in [-0.2, -0.15) is 0 Å². The second kappa shape index (κ2) is 9.39. The number of carbonyl (C=O) groups excluding carboxylic acids is 2. The number of hydrogen-bond donors (Lipinski definition) is 1. The average Bonchev–Trinajstić information content (AvgIpc) is 2.53. The Labute approximate surface area is 144 Å². The van der Waals surface area contributed by atoms with Gasteiger partial charge in [0.15, 0.2) is 17.6 Å². The molecule has 0 aromatic heterocycles. The van der Waals surface area contributed by atoms with Gasteiger partial charge in [-0.05, 0) is 31.0 Å². The van der Waals surface area contributed by atoms with E-state index in [1.807, 2.05) is 6.92 Å². The third-order valence-corrected chi connectivity index (χ3v) is 3.85. The lowest BCUT2D eigenvalue weighted by Gasteiger charge is -2.14. The minimum Gasteiger partial charge on any atom is -0.493 e. The predicted molar refractivity (Wildman–Crippen MR) is 89.8 cm³/mol. The summed E-state index contributed by atoms with van der Waals surface area (Å²) in [4.78, 5) is 23.7. The molecular weight excluding hydrogens is 366 g/mol. The zero-order chi connectivity index (χ0) is 17.4. The molecule has 0 aliphatic carbocycles. The van der Waals surface area contributed by atoms with Gasteiger partial charge in [0.05, 0.1) is 20.6 Å². The van der Waals surface area contributed by atoms with Crippen LogP contribution in [0.1, 0.15) is 25.8 Å².